The highest BCUT2D eigenvalue weighted by molar-refractivity contribution is 5.74. The molecule has 1 aliphatic rings. The van der Waals surface area contributed by atoms with Gasteiger partial charge in [-0.15, -0.1) is 6.58 Å². The first-order valence-electron chi connectivity index (χ1n) is 8.07. The zero-order valence-corrected chi connectivity index (χ0v) is 13.8. The summed E-state index contributed by atoms with van der Waals surface area (Å²) in [6.07, 6.45) is 3.75. The molecule has 0 aliphatic carbocycles. The lowest BCUT2D eigenvalue weighted by Crippen LogP contribution is -2.44. The summed E-state index contributed by atoms with van der Waals surface area (Å²) < 4.78 is 10.6. The maximum Gasteiger partial charge on any atom is 0.317 e. The van der Waals surface area contributed by atoms with E-state index in [1.54, 1.807) is 13.2 Å². The molecule has 1 heterocycles. The van der Waals surface area contributed by atoms with Gasteiger partial charge in [0.1, 0.15) is 5.75 Å². The van der Waals surface area contributed by atoms with Gasteiger partial charge in [0.25, 0.3) is 0 Å². The maximum atomic E-state index is 12.2. The Morgan fingerprint density at radius 1 is 1.35 bits per heavy atom. The Labute approximate surface area is 138 Å². The fourth-order valence-corrected chi connectivity index (χ4v) is 2.65. The van der Waals surface area contributed by atoms with Crippen molar-refractivity contribution in [3.05, 3.63) is 42.5 Å². The second-order valence-corrected chi connectivity index (χ2v) is 5.76. The van der Waals surface area contributed by atoms with Crippen LogP contribution in [0.15, 0.2) is 36.9 Å². The first-order valence-corrected chi connectivity index (χ1v) is 8.07. The standard InChI is InChI=1S/C18H26N2O3/c1-3-12-23-14-16-8-10-20(11-9-16)18(21)19-13-15-4-6-17(22-2)7-5-15/h3-7,16H,1,8-14H2,2H3,(H,19,21). The molecule has 0 unspecified atom stereocenters. The molecule has 1 aromatic carbocycles. The number of benzene rings is 1. The molecule has 1 saturated heterocycles. The van der Waals surface area contributed by atoms with Crippen molar-refractivity contribution in [3.8, 4) is 5.75 Å². The third-order valence-electron chi connectivity index (χ3n) is 4.09. The number of ether oxygens (including phenoxy) is 2. The predicted molar refractivity (Wildman–Crippen MR) is 90.5 cm³/mol. The molecule has 0 bridgehead atoms. The molecule has 1 fully saturated rings. The molecule has 23 heavy (non-hydrogen) atoms. The summed E-state index contributed by atoms with van der Waals surface area (Å²) >= 11 is 0. The highest BCUT2D eigenvalue weighted by Crippen LogP contribution is 2.17. The monoisotopic (exact) mass is 318 g/mol. The lowest BCUT2D eigenvalue weighted by atomic mass is 9.98. The van der Waals surface area contributed by atoms with Crippen molar-refractivity contribution in [1.82, 2.24) is 10.2 Å². The van der Waals surface area contributed by atoms with Gasteiger partial charge in [0, 0.05) is 26.2 Å². The Balaban J connectivity index is 1.69. The van der Waals surface area contributed by atoms with E-state index in [1.807, 2.05) is 29.2 Å². The highest BCUT2D eigenvalue weighted by atomic mass is 16.5. The molecular weight excluding hydrogens is 292 g/mol. The summed E-state index contributed by atoms with van der Waals surface area (Å²) in [6.45, 7) is 7.11. The molecule has 0 spiro atoms. The summed E-state index contributed by atoms with van der Waals surface area (Å²) in [5, 5.41) is 2.97. The van der Waals surface area contributed by atoms with Gasteiger partial charge in [0.05, 0.1) is 13.7 Å². The number of likely N-dealkylation sites (tertiary alicyclic amines) is 1. The van der Waals surface area contributed by atoms with E-state index in [4.69, 9.17) is 9.47 Å². The van der Waals surface area contributed by atoms with Gasteiger partial charge >= 0.3 is 6.03 Å². The molecule has 126 valence electrons. The van der Waals surface area contributed by atoms with E-state index in [2.05, 4.69) is 11.9 Å². The fourth-order valence-electron chi connectivity index (χ4n) is 2.65. The number of urea groups is 1. The summed E-state index contributed by atoms with van der Waals surface area (Å²) in [5.74, 6) is 1.36. The van der Waals surface area contributed by atoms with E-state index in [0.29, 0.717) is 19.1 Å². The van der Waals surface area contributed by atoms with Crippen molar-refractivity contribution in [3.63, 3.8) is 0 Å². The third-order valence-corrected chi connectivity index (χ3v) is 4.09. The van der Waals surface area contributed by atoms with Crippen LogP contribution in [0.1, 0.15) is 18.4 Å². The van der Waals surface area contributed by atoms with Crippen molar-refractivity contribution in [2.75, 3.05) is 33.4 Å². The largest absolute Gasteiger partial charge is 0.497 e. The van der Waals surface area contributed by atoms with Crippen LogP contribution in [0.3, 0.4) is 0 Å². The van der Waals surface area contributed by atoms with Crippen LogP contribution in [0.4, 0.5) is 4.79 Å². The predicted octanol–water partition coefficient (Wildman–Crippen LogP) is 2.82. The van der Waals surface area contributed by atoms with Gasteiger partial charge in [-0.05, 0) is 36.5 Å². The van der Waals surface area contributed by atoms with Gasteiger partial charge in [0.15, 0.2) is 0 Å². The Kier molecular flexibility index (Phi) is 6.94. The molecule has 0 radical (unpaired) electrons. The second-order valence-electron chi connectivity index (χ2n) is 5.76. The van der Waals surface area contributed by atoms with E-state index in [9.17, 15) is 4.79 Å². The number of amides is 2. The van der Waals surface area contributed by atoms with Crippen LogP contribution in [0.5, 0.6) is 5.75 Å². The molecule has 1 aromatic rings. The van der Waals surface area contributed by atoms with Crippen LogP contribution >= 0.6 is 0 Å². The summed E-state index contributed by atoms with van der Waals surface area (Å²) in [4.78, 5) is 14.1. The fraction of sp³-hybridized carbons (Fsp3) is 0.500. The summed E-state index contributed by atoms with van der Waals surface area (Å²) in [6, 6.07) is 7.73. The molecule has 0 aromatic heterocycles. The molecular formula is C18H26N2O3. The molecule has 0 atom stereocenters. The molecule has 2 rings (SSSR count). The Bertz CT molecular complexity index is 493. The summed E-state index contributed by atoms with van der Waals surface area (Å²) in [5.41, 5.74) is 1.06. The Morgan fingerprint density at radius 3 is 2.65 bits per heavy atom. The highest BCUT2D eigenvalue weighted by Gasteiger charge is 2.22. The Morgan fingerprint density at radius 2 is 2.04 bits per heavy atom. The van der Waals surface area contributed by atoms with Crippen molar-refractivity contribution < 1.29 is 14.3 Å². The van der Waals surface area contributed by atoms with Crippen LogP contribution < -0.4 is 10.1 Å². The van der Waals surface area contributed by atoms with E-state index in [1.165, 1.54) is 0 Å². The number of carbonyl (C=O) groups excluding carboxylic acids is 1. The zero-order valence-electron chi connectivity index (χ0n) is 13.8. The molecule has 0 saturated carbocycles. The average Bonchev–Trinajstić information content (AvgIpc) is 2.61. The third kappa shape index (κ3) is 5.60. The topological polar surface area (TPSA) is 50.8 Å². The van der Waals surface area contributed by atoms with E-state index in [0.717, 1.165) is 43.9 Å². The van der Waals surface area contributed by atoms with Crippen molar-refractivity contribution in [2.45, 2.75) is 19.4 Å². The van der Waals surface area contributed by atoms with Crippen LogP contribution in [0, 0.1) is 5.92 Å². The van der Waals surface area contributed by atoms with E-state index in [-0.39, 0.29) is 6.03 Å². The molecule has 5 heteroatoms. The molecule has 2 amide bonds. The first kappa shape index (κ1) is 17.3. The van der Waals surface area contributed by atoms with Gasteiger partial charge in [-0.2, -0.15) is 0 Å². The quantitative estimate of drug-likeness (QED) is 0.621. The van der Waals surface area contributed by atoms with Crippen LogP contribution in [-0.4, -0.2) is 44.3 Å². The van der Waals surface area contributed by atoms with Gasteiger partial charge in [-0.25, -0.2) is 4.79 Å². The van der Waals surface area contributed by atoms with Gasteiger partial charge in [0.2, 0.25) is 0 Å². The molecule has 1 N–H and O–H groups in total. The average molecular weight is 318 g/mol. The van der Waals surface area contributed by atoms with Crippen molar-refractivity contribution in [1.29, 1.82) is 0 Å². The number of methoxy groups -OCH3 is 1. The van der Waals surface area contributed by atoms with Crippen molar-refractivity contribution in [2.24, 2.45) is 5.92 Å². The Hall–Kier alpha value is -2.01. The minimum atomic E-state index is 0.00581. The van der Waals surface area contributed by atoms with Crippen LogP contribution in [0.2, 0.25) is 0 Å². The molecule has 5 nitrogen and oxygen atoms in total. The van der Waals surface area contributed by atoms with Crippen LogP contribution in [0.25, 0.3) is 0 Å². The van der Waals surface area contributed by atoms with E-state index >= 15 is 0 Å². The number of carbonyl (C=O) groups is 1. The second kappa shape index (κ2) is 9.20. The number of nitrogens with one attached hydrogen (secondary N) is 1. The van der Waals surface area contributed by atoms with Crippen molar-refractivity contribution >= 4 is 6.03 Å². The minimum absolute atomic E-state index is 0.00581. The van der Waals surface area contributed by atoms with Gasteiger partial charge < -0.3 is 19.7 Å². The zero-order chi connectivity index (χ0) is 16.5. The van der Waals surface area contributed by atoms with Gasteiger partial charge in [-0.1, -0.05) is 18.2 Å². The molecule has 1 aliphatic heterocycles. The SMILES string of the molecule is C=CCOCC1CCN(C(=O)NCc2ccc(OC)cc2)CC1. The number of nitrogens with zero attached hydrogens (tertiary/aromatic N) is 1. The first-order chi connectivity index (χ1) is 11.2. The number of rotatable bonds is 7. The summed E-state index contributed by atoms with van der Waals surface area (Å²) in [7, 11) is 1.64. The number of piperidine rings is 1. The van der Waals surface area contributed by atoms with Gasteiger partial charge in [-0.3, -0.25) is 0 Å². The lowest BCUT2D eigenvalue weighted by Gasteiger charge is -2.31. The van der Waals surface area contributed by atoms with Crippen LogP contribution in [-0.2, 0) is 11.3 Å². The normalized spacial score (nSPS) is 15.3. The van der Waals surface area contributed by atoms with E-state index < -0.39 is 0 Å². The number of hydrogen-bond acceptors (Lipinski definition) is 3. The smallest absolute Gasteiger partial charge is 0.317 e. The lowest BCUT2D eigenvalue weighted by molar-refractivity contribution is 0.0886. The maximum absolute atomic E-state index is 12.2. The minimum Gasteiger partial charge on any atom is -0.497 e. The number of hydrogen-bond donors (Lipinski definition) is 1.